The monoisotopic (exact) mass is 188 g/mol. The molecule has 0 aromatic carbocycles. The maximum absolute atomic E-state index is 11.7. The third-order valence-corrected chi connectivity index (χ3v) is 2.25. The number of hydrogen-bond acceptors (Lipinski definition) is 2. The van der Waals surface area contributed by atoms with Gasteiger partial charge in [-0.05, 0) is 32.4 Å². The minimum atomic E-state index is 0.0428. The maximum atomic E-state index is 11.7. The number of fused-ring (bicyclic) bond motifs is 1. The van der Waals surface area contributed by atoms with E-state index in [1.807, 2.05) is 26.8 Å². The Morgan fingerprint density at radius 3 is 2.64 bits per heavy atom. The van der Waals surface area contributed by atoms with Gasteiger partial charge in [0.15, 0.2) is 5.43 Å². The first kappa shape index (κ1) is 8.94. The van der Waals surface area contributed by atoms with Crippen molar-refractivity contribution in [3.8, 4) is 0 Å². The average Bonchev–Trinajstić information content (AvgIpc) is 1.99. The number of hydrogen-bond donors (Lipinski definition) is 1. The Labute approximate surface area is 81.8 Å². The summed E-state index contributed by atoms with van der Waals surface area (Å²) >= 11 is 0. The van der Waals surface area contributed by atoms with E-state index in [9.17, 15) is 4.79 Å². The molecule has 0 fully saturated rings. The van der Waals surface area contributed by atoms with E-state index < -0.39 is 0 Å². The number of H-pyrrole nitrogens is 1. The molecule has 14 heavy (non-hydrogen) atoms. The third-order valence-electron chi connectivity index (χ3n) is 2.25. The highest BCUT2D eigenvalue weighted by atomic mass is 16.1. The number of aromatic nitrogens is 2. The quantitative estimate of drug-likeness (QED) is 0.685. The highest BCUT2D eigenvalue weighted by Gasteiger charge is 2.04. The summed E-state index contributed by atoms with van der Waals surface area (Å²) in [5.74, 6) is 0. The molecule has 0 saturated heterocycles. The van der Waals surface area contributed by atoms with Crippen LogP contribution in [0.15, 0.2) is 16.9 Å². The fraction of sp³-hybridized carbons (Fsp3) is 0.273. The summed E-state index contributed by atoms with van der Waals surface area (Å²) in [6.07, 6.45) is 0. The van der Waals surface area contributed by atoms with Crippen molar-refractivity contribution in [3.63, 3.8) is 0 Å². The van der Waals surface area contributed by atoms with Crippen molar-refractivity contribution < 1.29 is 0 Å². The van der Waals surface area contributed by atoms with Crippen molar-refractivity contribution in [2.45, 2.75) is 20.8 Å². The molecule has 2 aromatic heterocycles. The molecule has 0 atom stereocenters. The van der Waals surface area contributed by atoms with Gasteiger partial charge in [0, 0.05) is 17.5 Å². The molecule has 3 nitrogen and oxygen atoms in total. The number of nitrogens with one attached hydrogen (secondary N) is 1. The fourth-order valence-corrected chi connectivity index (χ4v) is 1.73. The molecule has 0 spiro atoms. The average molecular weight is 188 g/mol. The van der Waals surface area contributed by atoms with E-state index in [0.29, 0.717) is 11.0 Å². The fourth-order valence-electron chi connectivity index (χ4n) is 1.73. The Kier molecular flexibility index (Phi) is 1.88. The smallest absolute Gasteiger partial charge is 0.191 e. The number of pyridine rings is 2. The van der Waals surface area contributed by atoms with Gasteiger partial charge >= 0.3 is 0 Å². The van der Waals surface area contributed by atoms with E-state index in [-0.39, 0.29) is 5.43 Å². The molecule has 2 heterocycles. The predicted octanol–water partition coefficient (Wildman–Crippen LogP) is 1.85. The Morgan fingerprint density at radius 1 is 1.21 bits per heavy atom. The zero-order chi connectivity index (χ0) is 10.3. The van der Waals surface area contributed by atoms with Crippen LogP contribution >= 0.6 is 0 Å². The third kappa shape index (κ3) is 1.31. The van der Waals surface area contributed by atoms with Crippen molar-refractivity contribution in [3.05, 3.63) is 39.3 Å². The second-order valence-electron chi connectivity index (χ2n) is 3.62. The molecule has 3 heteroatoms. The summed E-state index contributed by atoms with van der Waals surface area (Å²) in [6.45, 7) is 5.72. The normalized spacial score (nSPS) is 10.8. The van der Waals surface area contributed by atoms with Gasteiger partial charge in [-0.1, -0.05) is 0 Å². The Bertz CT molecular complexity index is 550. The second kappa shape index (κ2) is 2.94. The topological polar surface area (TPSA) is 45.8 Å². The van der Waals surface area contributed by atoms with E-state index in [1.54, 1.807) is 6.07 Å². The first-order valence-electron chi connectivity index (χ1n) is 4.56. The lowest BCUT2D eigenvalue weighted by Gasteiger charge is -2.03. The van der Waals surface area contributed by atoms with Crippen LogP contribution in [0.5, 0.6) is 0 Å². The van der Waals surface area contributed by atoms with Crippen LogP contribution < -0.4 is 5.43 Å². The molecule has 72 valence electrons. The largest absolute Gasteiger partial charge is 0.343 e. The van der Waals surface area contributed by atoms with Crippen molar-refractivity contribution in [2.75, 3.05) is 0 Å². The lowest BCUT2D eigenvalue weighted by molar-refractivity contribution is 1.14. The number of aromatic amines is 1. The minimum Gasteiger partial charge on any atom is -0.343 e. The standard InChI is InChI=1S/C11H12N2O/c1-6-4-7(2)12-11-10(6)9(14)5-8(3)13-11/h4-5H,1-3H3,(H,12,13,14). The Hall–Kier alpha value is -1.64. The van der Waals surface area contributed by atoms with Gasteiger partial charge in [-0.2, -0.15) is 0 Å². The highest BCUT2D eigenvalue weighted by molar-refractivity contribution is 5.78. The molecule has 0 aliphatic heterocycles. The van der Waals surface area contributed by atoms with Crippen molar-refractivity contribution in [1.82, 2.24) is 9.97 Å². The lowest BCUT2D eigenvalue weighted by Crippen LogP contribution is -2.06. The Balaban J connectivity index is 3.02. The van der Waals surface area contributed by atoms with Crippen LogP contribution in [0.25, 0.3) is 11.0 Å². The molecule has 0 unspecified atom stereocenters. The van der Waals surface area contributed by atoms with Gasteiger partial charge in [0.25, 0.3) is 0 Å². The summed E-state index contributed by atoms with van der Waals surface area (Å²) in [5, 5.41) is 0.696. The molecular formula is C11H12N2O. The van der Waals surface area contributed by atoms with Gasteiger partial charge in [0.1, 0.15) is 5.65 Å². The van der Waals surface area contributed by atoms with E-state index in [2.05, 4.69) is 9.97 Å². The molecule has 2 rings (SSSR count). The van der Waals surface area contributed by atoms with Gasteiger partial charge in [-0.3, -0.25) is 4.79 Å². The zero-order valence-corrected chi connectivity index (χ0v) is 8.51. The van der Waals surface area contributed by atoms with Gasteiger partial charge in [-0.15, -0.1) is 0 Å². The summed E-state index contributed by atoms with van der Waals surface area (Å²) < 4.78 is 0. The van der Waals surface area contributed by atoms with E-state index in [4.69, 9.17) is 0 Å². The minimum absolute atomic E-state index is 0.0428. The molecule has 0 aliphatic carbocycles. The lowest BCUT2D eigenvalue weighted by atomic mass is 10.1. The molecule has 2 aromatic rings. The molecular weight excluding hydrogens is 176 g/mol. The summed E-state index contributed by atoms with van der Waals surface area (Å²) in [4.78, 5) is 19.1. The first-order valence-corrected chi connectivity index (χ1v) is 4.56. The zero-order valence-electron chi connectivity index (χ0n) is 8.51. The Morgan fingerprint density at radius 2 is 1.93 bits per heavy atom. The van der Waals surface area contributed by atoms with Crippen LogP contribution in [-0.2, 0) is 0 Å². The van der Waals surface area contributed by atoms with Crippen molar-refractivity contribution >= 4 is 11.0 Å². The van der Waals surface area contributed by atoms with Gasteiger partial charge < -0.3 is 4.98 Å². The molecule has 0 aliphatic rings. The van der Waals surface area contributed by atoms with E-state index >= 15 is 0 Å². The van der Waals surface area contributed by atoms with Crippen molar-refractivity contribution in [2.24, 2.45) is 0 Å². The van der Waals surface area contributed by atoms with Gasteiger partial charge in [0.05, 0.1) is 5.39 Å². The number of aryl methyl sites for hydroxylation is 3. The van der Waals surface area contributed by atoms with Gasteiger partial charge in [0.2, 0.25) is 0 Å². The maximum Gasteiger partial charge on any atom is 0.191 e. The number of rotatable bonds is 0. The van der Waals surface area contributed by atoms with Crippen molar-refractivity contribution in [1.29, 1.82) is 0 Å². The number of nitrogens with zero attached hydrogens (tertiary/aromatic N) is 1. The summed E-state index contributed by atoms with van der Waals surface area (Å²) in [6, 6.07) is 3.53. The molecule has 1 N–H and O–H groups in total. The molecule has 0 saturated carbocycles. The van der Waals surface area contributed by atoms with E-state index in [0.717, 1.165) is 17.0 Å². The predicted molar refractivity (Wildman–Crippen MR) is 56.6 cm³/mol. The van der Waals surface area contributed by atoms with E-state index in [1.165, 1.54) is 0 Å². The highest BCUT2D eigenvalue weighted by Crippen LogP contribution is 2.11. The molecule has 0 radical (unpaired) electrons. The van der Waals surface area contributed by atoms with Crippen LogP contribution in [-0.4, -0.2) is 9.97 Å². The van der Waals surface area contributed by atoms with Crippen LogP contribution in [0, 0.1) is 20.8 Å². The second-order valence-corrected chi connectivity index (χ2v) is 3.62. The van der Waals surface area contributed by atoms with Crippen LogP contribution in [0.4, 0.5) is 0 Å². The summed E-state index contributed by atoms with van der Waals surface area (Å²) in [5.41, 5.74) is 3.48. The van der Waals surface area contributed by atoms with Crippen LogP contribution in [0.3, 0.4) is 0 Å². The SMILES string of the molecule is Cc1cc(C)c2c(=O)cc(C)[nH]c2n1. The molecule has 0 bridgehead atoms. The summed E-state index contributed by atoms with van der Waals surface area (Å²) in [7, 11) is 0. The van der Waals surface area contributed by atoms with Crippen LogP contribution in [0.2, 0.25) is 0 Å². The van der Waals surface area contributed by atoms with Gasteiger partial charge in [-0.25, -0.2) is 4.98 Å². The molecule has 0 amide bonds. The van der Waals surface area contributed by atoms with Crippen LogP contribution in [0.1, 0.15) is 17.0 Å². The first-order chi connectivity index (χ1) is 6.58.